The van der Waals surface area contributed by atoms with Crippen LogP contribution in [0.5, 0.6) is 11.5 Å². The standard InChI is InChI=1S/C34H37N2O/c1-20-22-13-9-10-14-23(22)26(18-34(5,6)7)32-28(20)31-29-27(37-32)16-25-21(17-33(2,3)4)12-11-15-24(25)30(29)35-19-36(31)8/h9-16,19H,17-18H2,1-8H3/q+1. The zero-order chi connectivity index (χ0) is 26.3. The minimum Gasteiger partial charge on any atom is -0.455 e. The lowest BCUT2D eigenvalue weighted by Crippen LogP contribution is -2.33. The summed E-state index contributed by atoms with van der Waals surface area (Å²) in [7, 11) is 2.11. The van der Waals surface area contributed by atoms with Gasteiger partial charge < -0.3 is 4.74 Å². The molecule has 0 unspecified atom stereocenters. The molecule has 0 saturated heterocycles. The van der Waals surface area contributed by atoms with Gasteiger partial charge in [0, 0.05) is 10.9 Å². The lowest BCUT2D eigenvalue weighted by atomic mass is 9.81. The summed E-state index contributed by atoms with van der Waals surface area (Å²) in [4.78, 5) is 4.98. The van der Waals surface area contributed by atoms with Crippen molar-refractivity contribution < 1.29 is 9.30 Å². The van der Waals surface area contributed by atoms with Gasteiger partial charge in [-0.2, -0.15) is 0 Å². The summed E-state index contributed by atoms with van der Waals surface area (Å²) < 4.78 is 9.19. The molecule has 0 N–H and O–H groups in total. The third-order valence-corrected chi connectivity index (χ3v) is 7.57. The smallest absolute Gasteiger partial charge is 0.287 e. The Kier molecular flexibility index (Phi) is 5.18. The summed E-state index contributed by atoms with van der Waals surface area (Å²) in [6.45, 7) is 16.1. The first-order valence-electron chi connectivity index (χ1n) is 13.4. The summed E-state index contributed by atoms with van der Waals surface area (Å²) in [5.74, 6) is 1.93. The van der Waals surface area contributed by atoms with Crippen LogP contribution in [0.15, 0.2) is 54.9 Å². The number of aryl methyl sites for hydroxylation is 2. The Morgan fingerprint density at radius 3 is 2.19 bits per heavy atom. The van der Waals surface area contributed by atoms with E-state index in [1.54, 1.807) is 0 Å². The fourth-order valence-electron chi connectivity index (χ4n) is 6.16. The van der Waals surface area contributed by atoms with E-state index in [9.17, 15) is 0 Å². The number of hydrogen-bond acceptors (Lipinski definition) is 2. The summed E-state index contributed by atoms with van der Waals surface area (Å²) in [5, 5.41) is 6.14. The number of aromatic nitrogens is 2. The van der Waals surface area contributed by atoms with Crippen LogP contribution in [0.4, 0.5) is 0 Å². The first-order valence-corrected chi connectivity index (χ1v) is 13.4. The van der Waals surface area contributed by atoms with Crippen molar-refractivity contribution in [2.45, 2.75) is 61.3 Å². The Morgan fingerprint density at radius 1 is 0.811 bits per heavy atom. The Bertz CT molecular complexity index is 1730. The van der Waals surface area contributed by atoms with Gasteiger partial charge in [0.1, 0.15) is 16.9 Å². The van der Waals surface area contributed by atoms with E-state index >= 15 is 0 Å². The number of nitrogens with zero attached hydrogens (tertiary/aromatic N) is 2. The molecule has 0 fully saturated rings. The van der Waals surface area contributed by atoms with Crippen molar-refractivity contribution in [1.29, 1.82) is 0 Å². The van der Waals surface area contributed by atoms with Crippen LogP contribution in [0.25, 0.3) is 43.7 Å². The monoisotopic (exact) mass is 489 g/mol. The highest BCUT2D eigenvalue weighted by atomic mass is 16.5. The summed E-state index contributed by atoms with van der Waals surface area (Å²) in [5.41, 5.74) is 7.62. The topological polar surface area (TPSA) is 26.0 Å². The Morgan fingerprint density at radius 2 is 1.49 bits per heavy atom. The van der Waals surface area contributed by atoms with Crippen molar-refractivity contribution in [2.24, 2.45) is 17.9 Å². The van der Waals surface area contributed by atoms with Crippen molar-refractivity contribution in [1.82, 2.24) is 4.98 Å². The normalized spacial score (nSPS) is 13.3. The molecule has 4 aromatic carbocycles. The van der Waals surface area contributed by atoms with Crippen LogP contribution in [0.3, 0.4) is 0 Å². The first kappa shape index (κ1) is 23.9. The van der Waals surface area contributed by atoms with E-state index < -0.39 is 0 Å². The lowest BCUT2D eigenvalue weighted by Gasteiger charge is -2.29. The second-order valence-electron chi connectivity index (χ2n) is 13.2. The van der Waals surface area contributed by atoms with Crippen LogP contribution in [0.1, 0.15) is 58.2 Å². The Labute approximate surface area is 220 Å². The number of fused-ring (bicyclic) bond motifs is 5. The minimum atomic E-state index is 0.119. The second kappa shape index (κ2) is 8.02. The van der Waals surface area contributed by atoms with Crippen molar-refractivity contribution in [2.75, 3.05) is 0 Å². The van der Waals surface area contributed by atoms with E-state index in [2.05, 4.69) is 109 Å². The maximum Gasteiger partial charge on any atom is 0.287 e. The maximum absolute atomic E-state index is 7.01. The van der Waals surface area contributed by atoms with E-state index in [-0.39, 0.29) is 10.8 Å². The largest absolute Gasteiger partial charge is 0.455 e. The van der Waals surface area contributed by atoms with Gasteiger partial charge >= 0.3 is 0 Å². The van der Waals surface area contributed by atoms with E-state index in [0.29, 0.717) is 0 Å². The first-order chi connectivity index (χ1) is 17.4. The number of hydrogen-bond donors (Lipinski definition) is 0. The molecule has 37 heavy (non-hydrogen) atoms. The molecule has 1 aliphatic rings. The fourth-order valence-corrected chi connectivity index (χ4v) is 6.16. The SMILES string of the molecule is Cc1c2c(c(CC(C)(C)C)c3ccccc13)Oc1cc3c(CC(C)(C)C)cccc3c3nc[n+](C)c-2c13. The molecule has 3 heteroatoms. The zero-order valence-electron chi connectivity index (χ0n) is 23.4. The quantitative estimate of drug-likeness (QED) is 0.180. The van der Waals surface area contributed by atoms with Gasteiger partial charge in [0.15, 0.2) is 11.2 Å². The van der Waals surface area contributed by atoms with Crippen LogP contribution in [-0.2, 0) is 19.9 Å². The molecule has 2 heterocycles. The van der Waals surface area contributed by atoms with Crippen LogP contribution >= 0.6 is 0 Å². The van der Waals surface area contributed by atoms with Gasteiger partial charge in [0.25, 0.3) is 6.33 Å². The highest BCUT2D eigenvalue weighted by Crippen LogP contribution is 2.52. The van der Waals surface area contributed by atoms with Crippen LogP contribution < -0.4 is 9.30 Å². The highest BCUT2D eigenvalue weighted by Gasteiger charge is 2.34. The number of rotatable bonds is 2. The second-order valence-corrected chi connectivity index (χ2v) is 13.2. The van der Waals surface area contributed by atoms with Gasteiger partial charge in [-0.3, -0.25) is 0 Å². The third-order valence-electron chi connectivity index (χ3n) is 7.57. The molecule has 1 aliphatic heterocycles. The number of ether oxygens (including phenoxy) is 1. The summed E-state index contributed by atoms with van der Waals surface area (Å²) in [6, 6.07) is 17.7. The van der Waals surface area contributed by atoms with Crippen molar-refractivity contribution in [3.05, 3.63) is 71.5 Å². The van der Waals surface area contributed by atoms with E-state index in [1.165, 1.54) is 49.5 Å². The fraction of sp³-hybridized carbons (Fsp3) is 0.353. The predicted octanol–water partition coefficient (Wildman–Crippen LogP) is 8.62. The van der Waals surface area contributed by atoms with Crippen molar-refractivity contribution in [3.8, 4) is 22.8 Å². The molecule has 0 spiro atoms. The zero-order valence-corrected chi connectivity index (χ0v) is 23.4. The average Bonchev–Trinajstić information content (AvgIpc) is 2.82. The van der Waals surface area contributed by atoms with Crippen LogP contribution in [0.2, 0.25) is 0 Å². The molecular formula is C34H37N2O+. The van der Waals surface area contributed by atoms with Crippen LogP contribution in [-0.4, -0.2) is 4.98 Å². The maximum atomic E-state index is 7.01. The van der Waals surface area contributed by atoms with Crippen molar-refractivity contribution >= 4 is 32.4 Å². The molecule has 0 saturated carbocycles. The van der Waals surface area contributed by atoms with Gasteiger partial charge in [0.2, 0.25) is 0 Å². The minimum absolute atomic E-state index is 0.119. The van der Waals surface area contributed by atoms with Gasteiger partial charge in [0.05, 0.1) is 12.6 Å². The number of benzene rings is 4. The van der Waals surface area contributed by atoms with Gasteiger partial charge in [-0.05, 0) is 75.0 Å². The molecule has 0 bridgehead atoms. The summed E-state index contributed by atoms with van der Waals surface area (Å²) in [6.07, 6.45) is 3.91. The molecule has 188 valence electrons. The van der Waals surface area contributed by atoms with Crippen molar-refractivity contribution in [3.63, 3.8) is 0 Å². The highest BCUT2D eigenvalue weighted by molar-refractivity contribution is 6.15. The third kappa shape index (κ3) is 3.87. The van der Waals surface area contributed by atoms with E-state index in [1.807, 2.05) is 6.33 Å². The van der Waals surface area contributed by atoms with Gasteiger partial charge in [-0.15, -0.1) is 0 Å². The van der Waals surface area contributed by atoms with Gasteiger partial charge in [-0.1, -0.05) is 77.9 Å². The molecule has 3 nitrogen and oxygen atoms in total. The van der Waals surface area contributed by atoms with Crippen LogP contribution in [0, 0.1) is 17.8 Å². The molecule has 1 aromatic heterocycles. The van der Waals surface area contributed by atoms with Gasteiger partial charge in [-0.25, -0.2) is 4.57 Å². The Hall–Kier alpha value is -3.46. The average molecular weight is 490 g/mol. The molecule has 5 aromatic rings. The predicted molar refractivity (Wildman–Crippen MR) is 154 cm³/mol. The molecule has 0 radical (unpaired) electrons. The molecule has 0 atom stereocenters. The van der Waals surface area contributed by atoms with E-state index in [0.717, 1.165) is 35.2 Å². The molecule has 6 rings (SSSR count). The molecule has 0 aliphatic carbocycles. The summed E-state index contributed by atoms with van der Waals surface area (Å²) >= 11 is 0. The molecule has 0 amide bonds. The molecular weight excluding hydrogens is 452 g/mol. The Balaban J connectivity index is 1.76. The lowest BCUT2D eigenvalue weighted by molar-refractivity contribution is -0.662. The van der Waals surface area contributed by atoms with E-state index in [4.69, 9.17) is 9.72 Å².